The highest BCUT2D eigenvalue weighted by atomic mass is 16.5. The smallest absolute Gasteiger partial charge is 0.243 e. The normalized spacial score (nSPS) is 13.9. The number of ether oxygens (including phenoxy) is 1. The van der Waals surface area contributed by atoms with Gasteiger partial charge in [-0.25, -0.2) is 0 Å². The van der Waals surface area contributed by atoms with Crippen molar-refractivity contribution in [2.45, 2.75) is 32.6 Å². The van der Waals surface area contributed by atoms with Gasteiger partial charge in [-0.15, -0.1) is 0 Å². The number of carbonyl (C=O) groups excluding carboxylic acids is 1. The van der Waals surface area contributed by atoms with Gasteiger partial charge in [0.25, 0.3) is 0 Å². The summed E-state index contributed by atoms with van der Waals surface area (Å²) >= 11 is 0. The van der Waals surface area contributed by atoms with Crippen molar-refractivity contribution >= 4 is 23.0 Å². The highest BCUT2D eigenvalue weighted by Gasteiger charge is 2.11. The lowest BCUT2D eigenvalue weighted by Crippen LogP contribution is -2.29. The van der Waals surface area contributed by atoms with E-state index in [2.05, 4.69) is 34.6 Å². The number of hydrogen-bond acceptors (Lipinski definition) is 4. The molecule has 1 fully saturated rings. The van der Waals surface area contributed by atoms with E-state index in [0.29, 0.717) is 6.61 Å². The second-order valence-electron chi connectivity index (χ2n) is 6.87. The highest BCUT2D eigenvalue weighted by molar-refractivity contribution is 5.93. The minimum Gasteiger partial charge on any atom is -0.494 e. The summed E-state index contributed by atoms with van der Waals surface area (Å²) < 4.78 is 5.61. The molecule has 0 atom stereocenters. The molecule has 0 aromatic heterocycles. The van der Waals surface area contributed by atoms with E-state index < -0.39 is 0 Å². The summed E-state index contributed by atoms with van der Waals surface area (Å²) in [5.74, 6) is 0.746. The summed E-state index contributed by atoms with van der Waals surface area (Å²) in [6.07, 6.45) is 4.81. The van der Waals surface area contributed by atoms with E-state index in [9.17, 15) is 4.79 Å². The number of nitrogens with zero attached hydrogens (tertiary/aromatic N) is 1. The van der Waals surface area contributed by atoms with Crippen LogP contribution < -0.4 is 20.3 Å². The lowest BCUT2D eigenvalue weighted by atomic mass is 10.1. The fourth-order valence-corrected chi connectivity index (χ4v) is 3.21. The third-order valence-electron chi connectivity index (χ3n) is 4.63. The molecule has 5 heteroatoms. The topological polar surface area (TPSA) is 53.6 Å². The van der Waals surface area contributed by atoms with E-state index in [-0.39, 0.29) is 12.5 Å². The van der Waals surface area contributed by atoms with Crippen molar-refractivity contribution in [1.29, 1.82) is 0 Å². The van der Waals surface area contributed by atoms with Gasteiger partial charge in [0.15, 0.2) is 0 Å². The van der Waals surface area contributed by atoms with Crippen molar-refractivity contribution in [1.82, 2.24) is 0 Å². The number of rotatable bonds is 8. The van der Waals surface area contributed by atoms with Gasteiger partial charge in [0.05, 0.1) is 13.2 Å². The van der Waals surface area contributed by atoms with E-state index in [1.807, 2.05) is 36.4 Å². The van der Waals surface area contributed by atoms with E-state index in [1.165, 1.54) is 24.9 Å². The van der Waals surface area contributed by atoms with Crippen LogP contribution >= 0.6 is 0 Å². The summed E-state index contributed by atoms with van der Waals surface area (Å²) in [6, 6.07) is 15.8. The minimum absolute atomic E-state index is 0.0689. The molecule has 1 aliphatic rings. The molecule has 5 nitrogen and oxygen atoms in total. The molecule has 0 radical (unpaired) electrons. The van der Waals surface area contributed by atoms with Gasteiger partial charge >= 0.3 is 0 Å². The molecule has 2 aromatic carbocycles. The second kappa shape index (κ2) is 9.86. The second-order valence-corrected chi connectivity index (χ2v) is 6.87. The van der Waals surface area contributed by atoms with Crippen molar-refractivity contribution in [3.63, 3.8) is 0 Å². The lowest BCUT2D eigenvalue weighted by molar-refractivity contribution is -0.114. The summed E-state index contributed by atoms with van der Waals surface area (Å²) in [6.45, 7) is 5.22. The Morgan fingerprint density at radius 1 is 1.04 bits per heavy atom. The largest absolute Gasteiger partial charge is 0.494 e. The van der Waals surface area contributed by atoms with Crippen LogP contribution in [0.1, 0.15) is 32.6 Å². The molecule has 144 valence electrons. The van der Waals surface area contributed by atoms with Gasteiger partial charge in [0.2, 0.25) is 5.91 Å². The van der Waals surface area contributed by atoms with Crippen molar-refractivity contribution in [3.8, 4) is 5.75 Å². The molecule has 2 aromatic rings. The lowest BCUT2D eigenvalue weighted by Gasteiger charge is -2.28. The average molecular weight is 367 g/mol. The zero-order valence-corrected chi connectivity index (χ0v) is 16.0. The first kappa shape index (κ1) is 19.1. The average Bonchev–Trinajstić information content (AvgIpc) is 2.72. The first-order valence-corrected chi connectivity index (χ1v) is 9.86. The van der Waals surface area contributed by atoms with Gasteiger partial charge in [-0.2, -0.15) is 0 Å². The molecule has 1 saturated heterocycles. The van der Waals surface area contributed by atoms with Crippen LogP contribution in [0.25, 0.3) is 0 Å². The zero-order valence-electron chi connectivity index (χ0n) is 16.0. The Morgan fingerprint density at radius 3 is 2.56 bits per heavy atom. The van der Waals surface area contributed by atoms with Gasteiger partial charge in [-0.3, -0.25) is 4.79 Å². The predicted molar refractivity (Wildman–Crippen MR) is 112 cm³/mol. The van der Waals surface area contributed by atoms with Crippen molar-refractivity contribution in [2.24, 2.45) is 0 Å². The standard InChI is InChI=1S/C22H29N3O2/c1-2-15-27-21-8-6-7-19(16-21)23-17-22(26)24-18-9-11-20(12-10-18)25-13-4-3-5-14-25/h6-12,16,23H,2-5,13-15,17H2,1H3,(H,24,26). The fraction of sp³-hybridized carbons (Fsp3) is 0.409. The molecule has 0 bridgehead atoms. The highest BCUT2D eigenvalue weighted by Crippen LogP contribution is 2.22. The van der Waals surface area contributed by atoms with E-state index >= 15 is 0 Å². The van der Waals surface area contributed by atoms with Crippen molar-refractivity contribution in [3.05, 3.63) is 48.5 Å². The summed E-state index contributed by atoms with van der Waals surface area (Å²) in [5, 5.41) is 6.08. The quantitative estimate of drug-likeness (QED) is 0.720. The summed E-state index contributed by atoms with van der Waals surface area (Å²) in [4.78, 5) is 14.6. The molecule has 0 unspecified atom stereocenters. The monoisotopic (exact) mass is 367 g/mol. The maximum Gasteiger partial charge on any atom is 0.243 e. The maximum absolute atomic E-state index is 12.2. The summed E-state index contributed by atoms with van der Waals surface area (Å²) in [5.41, 5.74) is 2.93. The van der Waals surface area contributed by atoms with Crippen LogP contribution in [0.2, 0.25) is 0 Å². The third kappa shape index (κ3) is 5.91. The third-order valence-corrected chi connectivity index (χ3v) is 4.63. The van der Waals surface area contributed by atoms with Crippen LogP contribution in [0.5, 0.6) is 5.75 Å². The van der Waals surface area contributed by atoms with Crippen molar-refractivity contribution < 1.29 is 9.53 Å². The Kier molecular flexibility index (Phi) is 6.97. The maximum atomic E-state index is 12.2. The molecule has 3 rings (SSSR count). The van der Waals surface area contributed by atoms with Gasteiger partial charge < -0.3 is 20.3 Å². The number of piperidine rings is 1. The first-order valence-electron chi connectivity index (χ1n) is 9.86. The SMILES string of the molecule is CCCOc1cccc(NCC(=O)Nc2ccc(N3CCCCC3)cc2)c1. The molecule has 1 heterocycles. The van der Waals surface area contributed by atoms with Gasteiger partial charge in [0.1, 0.15) is 5.75 Å². The molecule has 0 saturated carbocycles. The van der Waals surface area contributed by atoms with Crippen LogP contribution in [0.15, 0.2) is 48.5 Å². The number of benzene rings is 2. The number of carbonyl (C=O) groups is 1. The van der Waals surface area contributed by atoms with E-state index in [1.54, 1.807) is 0 Å². The molecular weight excluding hydrogens is 338 g/mol. The molecule has 0 spiro atoms. The van der Waals surface area contributed by atoms with Gasteiger partial charge in [-0.1, -0.05) is 13.0 Å². The predicted octanol–water partition coefficient (Wildman–Crippen LogP) is 4.52. The first-order chi connectivity index (χ1) is 13.2. The minimum atomic E-state index is -0.0689. The Morgan fingerprint density at radius 2 is 1.81 bits per heavy atom. The fourth-order valence-electron chi connectivity index (χ4n) is 3.21. The number of anilines is 3. The van der Waals surface area contributed by atoms with Gasteiger partial charge in [-0.05, 0) is 62.1 Å². The van der Waals surface area contributed by atoms with Crippen LogP contribution in [-0.4, -0.2) is 32.1 Å². The van der Waals surface area contributed by atoms with Crippen LogP contribution in [0.4, 0.5) is 17.1 Å². The molecule has 27 heavy (non-hydrogen) atoms. The number of amides is 1. The molecular formula is C22H29N3O2. The van der Waals surface area contributed by atoms with E-state index in [0.717, 1.165) is 36.6 Å². The summed E-state index contributed by atoms with van der Waals surface area (Å²) in [7, 11) is 0. The molecule has 0 aliphatic carbocycles. The number of nitrogens with one attached hydrogen (secondary N) is 2. The Balaban J connectivity index is 1.47. The number of hydrogen-bond donors (Lipinski definition) is 2. The zero-order chi connectivity index (χ0) is 18.9. The Hall–Kier alpha value is -2.69. The van der Waals surface area contributed by atoms with Crippen LogP contribution in [0, 0.1) is 0 Å². The van der Waals surface area contributed by atoms with E-state index in [4.69, 9.17) is 4.74 Å². The van der Waals surface area contributed by atoms with Gasteiger partial charge in [0, 0.05) is 36.2 Å². The van der Waals surface area contributed by atoms with Crippen LogP contribution in [0.3, 0.4) is 0 Å². The van der Waals surface area contributed by atoms with Crippen molar-refractivity contribution in [2.75, 3.05) is 41.8 Å². The Labute approximate surface area is 161 Å². The van der Waals surface area contributed by atoms with Crippen LogP contribution in [-0.2, 0) is 4.79 Å². The molecule has 1 aliphatic heterocycles. The molecule has 1 amide bonds. The Bertz CT molecular complexity index is 725. The molecule has 2 N–H and O–H groups in total.